The molecule has 0 amide bonds. The largest absolute Gasteiger partial charge is 0.477 e. The van der Waals surface area contributed by atoms with Crippen LogP contribution < -0.4 is 5.32 Å². The standard InChI is InChI=1S/C8H13F2NO2/c1-3-4-6(2)11-5-8(9,10)7(12)13/h3,6,11H,1,4-5H2,2H3,(H,12,13). The minimum atomic E-state index is -3.70. The number of alkyl halides is 2. The lowest BCUT2D eigenvalue weighted by Crippen LogP contribution is -2.42. The summed E-state index contributed by atoms with van der Waals surface area (Å²) in [5.41, 5.74) is 0. The second-order valence-corrected chi connectivity index (χ2v) is 2.82. The van der Waals surface area contributed by atoms with Gasteiger partial charge in [0.1, 0.15) is 0 Å². The van der Waals surface area contributed by atoms with Crippen molar-refractivity contribution < 1.29 is 18.7 Å². The molecule has 0 aliphatic heterocycles. The highest BCUT2D eigenvalue weighted by Crippen LogP contribution is 2.12. The van der Waals surface area contributed by atoms with Crippen LogP contribution in [0.25, 0.3) is 0 Å². The van der Waals surface area contributed by atoms with Gasteiger partial charge >= 0.3 is 11.9 Å². The van der Waals surface area contributed by atoms with Gasteiger partial charge in [-0.05, 0) is 13.3 Å². The molecule has 0 rings (SSSR count). The molecule has 1 unspecified atom stereocenters. The maximum absolute atomic E-state index is 12.5. The van der Waals surface area contributed by atoms with Crippen LogP contribution >= 0.6 is 0 Å². The van der Waals surface area contributed by atoms with Gasteiger partial charge in [0.05, 0.1) is 6.54 Å². The number of carboxylic acids is 1. The SMILES string of the molecule is C=CCC(C)NCC(F)(F)C(=O)O. The molecule has 3 nitrogen and oxygen atoms in total. The van der Waals surface area contributed by atoms with Crippen LogP contribution in [0.1, 0.15) is 13.3 Å². The molecule has 0 aromatic heterocycles. The smallest absolute Gasteiger partial charge is 0.375 e. The Bertz CT molecular complexity index is 195. The Hall–Kier alpha value is -0.970. The van der Waals surface area contributed by atoms with Crippen LogP contribution in [0.5, 0.6) is 0 Å². The Morgan fingerprint density at radius 1 is 1.77 bits per heavy atom. The van der Waals surface area contributed by atoms with Crippen molar-refractivity contribution in [2.75, 3.05) is 6.54 Å². The topological polar surface area (TPSA) is 49.3 Å². The normalized spacial score (nSPS) is 13.8. The number of carbonyl (C=O) groups is 1. The molecule has 5 heteroatoms. The van der Waals surface area contributed by atoms with E-state index in [2.05, 4.69) is 11.9 Å². The number of aliphatic carboxylic acids is 1. The van der Waals surface area contributed by atoms with E-state index in [9.17, 15) is 13.6 Å². The van der Waals surface area contributed by atoms with Crippen molar-refractivity contribution >= 4 is 5.97 Å². The number of hydrogen-bond acceptors (Lipinski definition) is 2. The van der Waals surface area contributed by atoms with Gasteiger partial charge in [0.15, 0.2) is 0 Å². The van der Waals surface area contributed by atoms with Crippen LogP contribution in [0.3, 0.4) is 0 Å². The van der Waals surface area contributed by atoms with E-state index in [1.165, 1.54) is 0 Å². The summed E-state index contributed by atoms with van der Waals surface area (Å²) in [7, 11) is 0. The number of rotatable bonds is 6. The molecule has 13 heavy (non-hydrogen) atoms. The number of halogens is 2. The van der Waals surface area contributed by atoms with Gasteiger partial charge in [-0.25, -0.2) is 4.79 Å². The number of carboxylic acid groups (broad SMARTS) is 1. The third kappa shape index (κ3) is 4.57. The zero-order valence-corrected chi connectivity index (χ0v) is 7.39. The molecule has 0 aliphatic rings. The lowest BCUT2D eigenvalue weighted by molar-refractivity contribution is -0.164. The van der Waals surface area contributed by atoms with E-state index >= 15 is 0 Å². The lowest BCUT2D eigenvalue weighted by Gasteiger charge is -2.15. The molecule has 1 atom stereocenters. The van der Waals surface area contributed by atoms with E-state index in [1.54, 1.807) is 13.0 Å². The van der Waals surface area contributed by atoms with Gasteiger partial charge < -0.3 is 10.4 Å². The van der Waals surface area contributed by atoms with Crippen molar-refractivity contribution in [2.45, 2.75) is 25.3 Å². The van der Waals surface area contributed by atoms with Gasteiger partial charge in [-0.2, -0.15) is 8.78 Å². The molecular weight excluding hydrogens is 180 g/mol. The number of nitrogens with one attached hydrogen (secondary N) is 1. The number of hydrogen-bond donors (Lipinski definition) is 2. The van der Waals surface area contributed by atoms with Crippen LogP contribution in [-0.2, 0) is 4.79 Å². The summed E-state index contributed by atoms with van der Waals surface area (Å²) in [4.78, 5) is 9.98. The predicted molar refractivity (Wildman–Crippen MR) is 44.9 cm³/mol. The van der Waals surface area contributed by atoms with Crippen molar-refractivity contribution in [3.05, 3.63) is 12.7 Å². The van der Waals surface area contributed by atoms with Crippen molar-refractivity contribution in [1.82, 2.24) is 5.32 Å². The fourth-order valence-electron chi connectivity index (χ4n) is 0.711. The Morgan fingerprint density at radius 3 is 2.69 bits per heavy atom. The third-order valence-corrected chi connectivity index (χ3v) is 1.51. The molecule has 2 N–H and O–H groups in total. The van der Waals surface area contributed by atoms with E-state index in [1.807, 2.05) is 0 Å². The van der Waals surface area contributed by atoms with Crippen LogP contribution in [0, 0.1) is 0 Å². The van der Waals surface area contributed by atoms with Crippen LogP contribution in [0.4, 0.5) is 8.78 Å². The first-order chi connectivity index (χ1) is 5.90. The highest BCUT2D eigenvalue weighted by Gasteiger charge is 2.38. The van der Waals surface area contributed by atoms with E-state index in [-0.39, 0.29) is 6.04 Å². The van der Waals surface area contributed by atoms with Gasteiger partial charge in [-0.1, -0.05) is 6.08 Å². The van der Waals surface area contributed by atoms with Gasteiger partial charge in [-0.3, -0.25) is 0 Å². The van der Waals surface area contributed by atoms with E-state index < -0.39 is 18.4 Å². The molecule has 0 fully saturated rings. The monoisotopic (exact) mass is 193 g/mol. The molecule has 0 heterocycles. The molecule has 0 aromatic rings. The third-order valence-electron chi connectivity index (χ3n) is 1.51. The molecule has 0 saturated heterocycles. The van der Waals surface area contributed by atoms with Gasteiger partial charge in [0.2, 0.25) is 0 Å². The molecule has 0 bridgehead atoms. The molecular formula is C8H13F2NO2. The summed E-state index contributed by atoms with van der Waals surface area (Å²) < 4.78 is 24.9. The summed E-state index contributed by atoms with van der Waals surface area (Å²) in [6, 6.07) is -0.192. The first kappa shape index (κ1) is 12.0. The van der Waals surface area contributed by atoms with Crippen LogP contribution in [0.15, 0.2) is 12.7 Å². The van der Waals surface area contributed by atoms with E-state index in [0.717, 1.165) is 0 Å². The molecule has 76 valence electrons. The van der Waals surface area contributed by atoms with Crippen molar-refractivity contribution in [3.63, 3.8) is 0 Å². The maximum atomic E-state index is 12.5. The molecule has 0 radical (unpaired) electrons. The van der Waals surface area contributed by atoms with Crippen LogP contribution in [-0.4, -0.2) is 29.6 Å². The fraction of sp³-hybridized carbons (Fsp3) is 0.625. The predicted octanol–water partition coefficient (Wildman–Crippen LogP) is 1.26. The minimum Gasteiger partial charge on any atom is -0.477 e. The van der Waals surface area contributed by atoms with E-state index in [4.69, 9.17) is 5.11 Å². The maximum Gasteiger partial charge on any atom is 0.375 e. The molecule has 0 saturated carbocycles. The summed E-state index contributed by atoms with van der Waals surface area (Å²) in [6.07, 6.45) is 2.10. The van der Waals surface area contributed by atoms with Gasteiger partial charge in [0.25, 0.3) is 0 Å². The van der Waals surface area contributed by atoms with Gasteiger partial charge in [0, 0.05) is 6.04 Å². The average Bonchev–Trinajstić information content (AvgIpc) is 2.01. The zero-order chi connectivity index (χ0) is 10.5. The first-order valence-electron chi connectivity index (χ1n) is 3.85. The first-order valence-corrected chi connectivity index (χ1v) is 3.85. The van der Waals surface area contributed by atoms with Crippen molar-refractivity contribution in [3.8, 4) is 0 Å². The fourth-order valence-corrected chi connectivity index (χ4v) is 0.711. The lowest BCUT2D eigenvalue weighted by atomic mass is 10.2. The van der Waals surface area contributed by atoms with Crippen LogP contribution in [0.2, 0.25) is 0 Å². The second-order valence-electron chi connectivity index (χ2n) is 2.82. The summed E-state index contributed by atoms with van der Waals surface area (Å²) in [6.45, 7) is 4.27. The quantitative estimate of drug-likeness (QED) is 0.624. The summed E-state index contributed by atoms with van der Waals surface area (Å²) >= 11 is 0. The Labute approximate surface area is 75.4 Å². The Kier molecular flexibility index (Phi) is 4.55. The van der Waals surface area contributed by atoms with Gasteiger partial charge in [-0.15, -0.1) is 6.58 Å². The summed E-state index contributed by atoms with van der Waals surface area (Å²) in [5, 5.41) is 10.5. The molecule has 0 aromatic carbocycles. The summed E-state index contributed by atoms with van der Waals surface area (Å²) in [5.74, 6) is -5.80. The minimum absolute atomic E-state index is 0.192. The van der Waals surface area contributed by atoms with Crippen molar-refractivity contribution in [2.24, 2.45) is 0 Å². The Balaban J connectivity index is 3.87. The average molecular weight is 193 g/mol. The molecule has 0 spiro atoms. The highest BCUT2D eigenvalue weighted by molar-refractivity contribution is 5.75. The molecule has 0 aliphatic carbocycles. The highest BCUT2D eigenvalue weighted by atomic mass is 19.3. The van der Waals surface area contributed by atoms with Crippen molar-refractivity contribution in [1.29, 1.82) is 0 Å². The zero-order valence-electron chi connectivity index (χ0n) is 7.39. The van der Waals surface area contributed by atoms with E-state index in [0.29, 0.717) is 6.42 Å². The Morgan fingerprint density at radius 2 is 2.31 bits per heavy atom. The second kappa shape index (κ2) is 4.91.